The Hall–Kier alpha value is -3.56. The van der Waals surface area contributed by atoms with Gasteiger partial charge in [0.15, 0.2) is 0 Å². The summed E-state index contributed by atoms with van der Waals surface area (Å²) >= 11 is 0. The van der Waals surface area contributed by atoms with Gasteiger partial charge >= 0.3 is 0 Å². The molecule has 0 spiro atoms. The quantitative estimate of drug-likeness (QED) is 0.582. The molecule has 3 N–H and O–H groups in total. The number of aryl methyl sites for hydroxylation is 2. The van der Waals surface area contributed by atoms with Crippen molar-refractivity contribution in [2.45, 2.75) is 47.6 Å². The highest BCUT2D eigenvalue weighted by Crippen LogP contribution is 2.33. The number of nitrogens with one attached hydrogen (secondary N) is 1. The molecule has 3 aromatic rings. The molecule has 1 saturated heterocycles. The van der Waals surface area contributed by atoms with Crippen molar-refractivity contribution >= 4 is 34.5 Å². The van der Waals surface area contributed by atoms with Crippen LogP contribution in [-0.4, -0.2) is 56.9 Å². The molecular formula is C25H33FN8O. The minimum Gasteiger partial charge on any atom is -0.368 e. The average Bonchev–Trinajstić information content (AvgIpc) is 2.79. The Kier molecular flexibility index (Phi) is 6.48. The molecule has 0 radical (unpaired) electrons. The summed E-state index contributed by atoms with van der Waals surface area (Å²) in [6.45, 7) is 13.8. The van der Waals surface area contributed by atoms with E-state index in [9.17, 15) is 9.18 Å². The monoisotopic (exact) mass is 480 g/mol. The molecular weight excluding hydrogens is 447 g/mol. The molecule has 9 nitrogen and oxygen atoms in total. The SMILES string of the molecule is Cc1nc(N)nc(N[C@@H](C)c2cc3ccc(F)c(C)c3nc2N2CCN(C(=O)C(C)(C)C)CC2)n1. The Morgan fingerprint density at radius 2 is 1.77 bits per heavy atom. The summed E-state index contributed by atoms with van der Waals surface area (Å²) in [5.74, 6) is 1.66. The Labute approximate surface area is 205 Å². The van der Waals surface area contributed by atoms with Crippen LogP contribution in [0.5, 0.6) is 0 Å². The van der Waals surface area contributed by atoms with E-state index in [0.717, 1.165) is 16.8 Å². The fraction of sp³-hybridized carbons (Fsp3) is 0.480. The first-order chi connectivity index (χ1) is 16.4. The van der Waals surface area contributed by atoms with Gasteiger partial charge in [0.05, 0.1) is 11.6 Å². The van der Waals surface area contributed by atoms with Gasteiger partial charge in [-0.15, -0.1) is 0 Å². The highest BCUT2D eigenvalue weighted by Gasteiger charge is 2.31. The number of carbonyl (C=O) groups excluding carboxylic acids is 1. The maximum atomic E-state index is 14.4. The number of amides is 1. The number of aromatic nitrogens is 4. The molecule has 0 bridgehead atoms. The molecule has 1 amide bonds. The van der Waals surface area contributed by atoms with Crippen molar-refractivity contribution in [2.24, 2.45) is 5.41 Å². The minimum absolute atomic E-state index is 0.139. The van der Waals surface area contributed by atoms with Crippen molar-refractivity contribution in [3.63, 3.8) is 0 Å². The number of nitrogens with two attached hydrogens (primary N) is 1. The lowest BCUT2D eigenvalue weighted by atomic mass is 9.94. The summed E-state index contributed by atoms with van der Waals surface area (Å²) in [4.78, 5) is 34.3. The van der Waals surface area contributed by atoms with Gasteiger partial charge in [-0.3, -0.25) is 4.79 Å². The Morgan fingerprint density at radius 1 is 1.09 bits per heavy atom. The van der Waals surface area contributed by atoms with E-state index in [1.165, 1.54) is 6.07 Å². The molecule has 0 saturated carbocycles. The standard InChI is InChI=1S/C25H33FN8O/c1-14-19(26)8-7-17-13-18(15(2)28-24-30-16(3)29-23(27)32-24)21(31-20(14)17)33-9-11-34(12-10-33)22(35)25(4,5)6/h7-8,13,15H,9-12H2,1-6H3,(H3,27,28,29,30,32)/t15-/m0/s1. The van der Waals surface area contributed by atoms with Crippen LogP contribution in [-0.2, 0) is 4.79 Å². The van der Waals surface area contributed by atoms with E-state index >= 15 is 0 Å². The third-order valence-corrected chi connectivity index (χ3v) is 6.27. The smallest absolute Gasteiger partial charge is 0.228 e. The van der Waals surface area contributed by atoms with E-state index < -0.39 is 5.41 Å². The normalized spacial score (nSPS) is 15.4. The molecule has 2 aromatic heterocycles. The fourth-order valence-electron chi connectivity index (χ4n) is 4.37. The molecule has 1 atom stereocenters. The number of anilines is 3. The molecule has 1 aromatic carbocycles. The highest BCUT2D eigenvalue weighted by atomic mass is 19.1. The largest absolute Gasteiger partial charge is 0.368 e. The lowest BCUT2D eigenvalue weighted by Crippen LogP contribution is -2.52. The zero-order chi connectivity index (χ0) is 25.5. The summed E-state index contributed by atoms with van der Waals surface area (Å²) in [6.07, 6.45) is 0. The predicted molar refractivity (Wildman–Crippen MR) is 136 cm³/mol. The minimum atomic E-state index is -0.424. The van der Waals surface area contributed by atoms with Gasteiger partial charge < -0.3 is 20.9 Å². The van der Waals surface area contributed by atoms with Crippen molar-refractivity contribution in [2.75, 3.05) is 42.1 Å². The van der Waals surface area contributed by atoms with Gasteiger partial charge in [0.2, 0.25) is 17.8 Å². The van der Waals surface area contributed by atoms with E-state index in [1.807, 2.05) is 38.7 Å². The van der Waals surface area contributed by atoms with E-state index in [0.29, 0.717) is 49.0 Å². The van der Waals surface area contributed by atoms with Gasteiger partial charge in [0, 0.05) is 48.1 Å². The van der Waals surface area contributed by atoms with Crippen molar-refractivity contribution in [1.82, 2.24) is 24.8 Å². The van der Waals surface area contributed by atoms with Crippen LogP contribution in [0.4, 0.5) is 22.1 Å². The molecule has 10 heteroatoms. The molecule has 1 aliphatic heterocycles. The number of rotatable bonds is 4. The summed E-state index contributed by atoms with van der Waals surface area (Å²) in [5.41, 5.74) is 7.45. The molecule has 3 heterocycles. The number of hydrogen-bond donors (Lipinski definition) is 2. The van der Waals surface area contributed by atoms with E-state index in [4.69, 9.17) is 10.7 Å². The lowest BCUT2D eigenvalue weighted by Gasteiger charge is -2.39. The first kappa shape index (κ1) is 24.6. The van der Waals surface area contributed by atoms with E-state index in [2.05, 4.69) is 25.2 Å². The molecule has 1 aliphatic rings. The van der Waals surface area contributed by atoms with Gasteiger partial charge in [0.1, 0.15) is 17.5 Å². The summed E-state index contributed by atoms with van der Waals surface area (Å²) in [5, 5.41) is 4.16. The Bertz CT molecular complexity index is 1240. The number of halogens is 1. The second-order valence-corrected chi connectivity index (χ2v) is 10.1. The van der Waals surface area contributed by atoms with Gasteiger partial charge in [-0.2, -0.15) is 15.0 Å². The van der Waals surface area contributed by atoms with Gasteiger partial charge in [-0.1, -0.05) is 20.8 Å². The van der Waals surface area contributed by atoms with Gasteiger partial charge in [-0.05, 0) is 39.0 Å². The maximum absolute atomic E-state index is 14.4. The Morgan fingerprint density at radius 3 is 2.40 bits per heavy atom. The second kappa shape index (κ2) is 9.24. The Balaban J connectivity index is 1.70. The number of fused-ring (bicyclic) bond motifs is 1. The first-order valence-electron chi connectivity index (χ1n) is 11.8. The van der Waals surface area contributed by atoms with Gasteiger partial charge in [0.25, 0.3) is 0 Å². The summed E-state index contributed by atoms with van der Waals surface area (Å²) < 4.78 is 14.4. The second-order valence-electron chi connectivity index (χ2n) is 10.1. The van der Waals surface area contributed by atoms with Crippen LogP contribution in [0.3, 0.4) is 0 Å². The topological polar surface area (TPSA) is 113 Å². The van der Waals surface area contributed by atoms with Gasteiger partial charge in [-0.25, -0.2) is 9.37 Å². The van der Waals surface area contributed by atoms with Crippen LogP contribution in [0.25, 0.3) is 10.9 Å². The van der Waals surface area contributed by atoms with Crippen molar-refractivity contribution < 1.29 is 9.18 Å². The molecule has 1 fully saturated rings. The maximum Gasteiger partial charge on any atom is 0.228 e. The summed E-state index contributed by atoms with van der Waals surface area (Å²) in [6, 6.07) is 5.03. The molecule has 4 rings (SSSR count). The highest BCUT2D eigenvalue weighted by molar-refractivity contribution is 5.85. The predicted octanol–water partition coefficient (Wildman–Crippen LogP) is 3.63. The third kappa shape index (κ3) is 5.11. The van der Waals surface area contributed by atoms with Crippen LogP contribution >= 0.6 is 0 Å². The number of nitrogens with zero attached hydrogens (tertiary/aromatic N) is 6. The van der Waals surface area contributed by atoms with Crippen molar-refractivity contribution in [3.05, 3.63) is 41.0 Å². The zero-order valence-electron chi connectivity index (χ0n) is 21.2. The number of piperazine rings is 1. The zero-order valence-corrected chi connectivity index (χ0v) is 21.2. The number of benzene rings is 1. The van der Waals surface area contributed by atoms with E-state index in [1.54, 1.807) is 19.9 Å². The van der Waals surface area contributed by atoms with E-state index in [-0.39, 0.29) is 23.7 Å². The van der Waals surface area contributed by atoms with Crippen molar-refractivity contribution in [1.29, 1.82) is 0 Å². The van der Waals surface area contributed by atoms with Crippen molar-refractivity contribution in [3.8, 4) is 0 Å². The molecule has 35 heavy (non-hydrogen) atoms. The van der Waals surface area contributed by atoms with Crippen LogP contribution in [0.2, 0.25) is 0 Å². The van der Waals surface area contributed by atoms with Crippen LogP contribution in [0, 0.1) is 25.1 Å². The fourth-order valence-corrected chi connectivity index (χ4v) is 4.37. The average molecular weight is 481 g/mol. The van der Waals surface area contributed by atoms with Crippen LogP contribution in [0.1, 0.15) is 50.7 Å². The van der Waals surface area contributed by atoms with Crippen LogP contribution < -0.4 is 16.0 Å². The lowest BCUT2D eigenvalue weighted by molar-refractivity contribution is -0.139. The first-order valence-corrected chi connectivity index (χ1v) is 11.8. The van der Waals surface area contributed by atoms with Crippen LogP contribution in [0.15, 0.2) is 18.2 Å². The summed E-state index contributed by atoms with van der Waals surface area (Å²) in [7, 11) is 0. The molecule has 186 valence electrons. The number of nitrogen functional groups attached to an aromatic ring is 1. The molecule has 0 unspecified atom stereocenters. The number of carbonyl (C=O) groups is 1. The third-order valence-electron chi connectivity index (χ3n) is 6.27. The number of pyridine rings is 1. The number of hydrogen-bond acceptors (Lipinski definition) is 8. The molecule has 0 aliphatic carbocycles.